The molecule has 23 heavy (non-hydrogen) atoms. The Morgan fingerprint density at radius 3 is 2.83 bits per heavy atom. The van der Waals surface area contributed by atoms with Crippen molar-refractivity contribution in [2.24, 2.45) is 0 Å². The Labute approximate surface area is 133 Å². The zero-order chi connectivity index (χ0) is 16.4. The van der Waals surface area contributed by atoms with Gasteiger partial charge in [-0.15, -0.1) is 0 Å². The van der Waals surface area contributed by atoms with Crippen molar-refractivity contribution in [3.8, 4) is 5.75 Å². The minimum atomic E-state index is -3.37. The monoisotopic (exact) mass is 332 g/mol. The van der Waals surface area contributed by atoms with E-state index in [0.717, 1.165) is 17.3 Å². The SMILES string of the molecule is COc1ccc(NCc2cnn3ncccc23)cc1S(C)(=O)=O. The van der Waals surface area contributed by atoms with Crippen LogP contribution in [0.1, 0.15) is 5.56 Å². The Kier molecular flexibility index (Phi) is 3.91. The molecule has 8 heteroatoms. The quantitative estimate of drug-likeness (QED) is 0.766. The van der Waals surface area contributed by atoms with Gasteiger partial charge in [-0.25, -0.2) is 8.42 Å². The third-order valence-corrected chi connectivity index (χ3v) is 4.55. The Hall–Kier alpha value is -2.61. The van der Waals surface area contributed by atoms with E-state index in [-0.39, 0.29) is 4.90 Å². The van der Waals surface area contributed by atoms with E-state index >= 15 is 0 Å². The summed E-state index contributed by atoms with van der Waals surface area (Å²) in [6.07, 6.45) is 4.56. The fourth-order valence-corrected chi connectivity index (χ4v) is 3.15. The third kappa shape index (κ3) is 3.11. The maximum Gasteiger partial charge on any atom is 0.179 e. The molecular formula is C15H16N4O3S. The Balaban J connectivity index is 1.86. The standard InChI is InChI=1S/C15H16N4O3S/c1-22-14-6-5-12(8-15(14)23(2,20)21)16-9-11-10-18-19-13(11)4-3-7-17-19/h3-8,10,16H,9H2,1-2H3. The molecule has 2 aromatic heterocycles. The molecule has 0 unspecified atom stereocenters. The highest BCUT2D eigenvalue weighted by Gasteiger charge is 2.15. The minimum Gasteiger partial charge on any atom is -0.495 e. The molecule has 2 heterocycles. The molecule has 0 spiro atoms. The van der Waals surface area contributed by atoms with E-state index in [1.54, 1.807) is 35.2 Å². The van der Waals surface area contributed by atoms with Gasteiger partial charge in [0.2, 0.25) is 0 Å². The molecule has 0 fully saturated rings. The first kappa shape index (κ1) is 15.3. The fraction of sp³-hybridized carbons (Fsp3) is 0.200. The van der Waals surface area contributed by atoms with Crippen LogP contribution in [0.4, 0.5) is 5.69 Å². The summed E-state index contributed by atoms with van der Waals surface area (Å²) in [4.78, 5) is 0.159. The molecule has 120 valence electrons. The van der Waals surface area contributed by atoms with Gasteiger partial charge in [-0.2, -0.15) is 14.8 Å². The summed E-state index contributed by atoms with van der Waals surface area (Å²) in [7, 11) is -1.92. The lowest BCUT2D eigenvalue weighted by molar-refractivity contribution is 0.403. The van der Waals surface area contributed by atoms with Gasteiger partial charge in [0.05, 0.1) is 18.8 Å². The number of aromatic nitrogens is 3. The molecule has 1 N–H and O–H groups in total. The highest BCUT2D eigenvalue weighted by Crippen LogP contribution is 2.27. The zero-order valence-electron chi connectivity index (χ0n) is 12.7. The average molecular weight is 332 g/mol. The van der Waals surface area contributed by atoms with Gasteiger partial charge in [0.1, 0.15) is 10.6 Å². The summed E-state index contributed by atoms with van der Waals surface area (Å²) in [5.74, 6) is 0.332. The first-order valence-electron chi connectivity index (χ1n) is 6.89. The minimum absolute atomic E-state index is 0.159. The molecule has 0 bridgehead atoms. The predicted molar refractivity (Wildman–Crippen MR) is 86.4 cm³/mol. The number of hydrogen-bond donors (Lipinski definition) is 1. The number of rotatable bonds is 5. The molecule has 3 rings (SSSR count). The number of fused-ring (bicyclic) bond motifs is 1. The molecule has 0 radical (unpaired) electrons. The van der Waals surface area contributed by atoms with E-state index in [4.69, 9.17) is 4.74 Å². The molecule has 0 atom stereocenters. The van der Waals surface area contributed by atoms with Gasteiger partial charge in [-0.1, -0.05) is 0 Å². The van der Waals surface area contributed by atoms with Crippen LogP contribution in [0.25, 0.3) is 5.52 Å². The van der Waals surface area contributed by atoms with Crippen LogP contribution in [-0.2, 0) is 16.4 Å². The van der Waals surface area contributed by atoms with E-state index in [1.807, 2.05) is 12.1 Å². The first-order valence-corrected chi connectivity index (χ1v) is 8.78. The van der Waals surface area contributed by atoms with Gasteiger partial charge in [0.25, 0.3) is 0 Å². The number of methoxy groups -OCH3 is 1. The number of benzene rings is 1. The van der Waals surface area contributed by atoms with Crippen LogP contribution in [-0.4, -0.2) is 36.6 Å². The van der Waals surface area contributed by atoms with Crippen LogP contribution in [0.5, 0.6) is 5.75 Å². The largest absolute Gasteiger partial charge is 0.495 e. The summed E-state index contributed by atoms with van der Waals surface area (Å²) in [5.41, 5.74) is 2.56. The van der Waals surface area contributed by atoms with Crippen molar-refractivity contribution in [2.75, 3.05) is 18.7 Å². The van der Waals surface area contributed by atoms with Crippen molar-refractivity contribution in [1.82, 2.24) is 14.8 Å². The molecule has 0 amide bonds. The van der Waals surface area contributed by atoms with Crippen LogP contribution in [0.3, 0.4) is 0 Å². The molecule has 1 aromatic carbocycles. The van der Waals surface area contributed by atoms with E-state index in [0.29, 0.717) is 18.0 Å². The van der Waals surface area contributed by atoms with Gasteiger partial charge in [0, 0.05) is 30.2 Å². The summed E-state index contributed by atoms with van der Waals surface area (Å²) in [5, 5.41) is 11.5. The van der Waals surface area contributed by atoms with E-state index < -0.39 is 9.84 Å². The average Bonchev–Trinajstić information content (AvgIpc) is 2.95. The number of ether oxygens (including phenoxy) is 1. The summed E-state index contributed by atoms with van der Waals surface area (Å²) >= 11 is 0. The maximum atomic E-state index is 11.8. The smallest absolute Gasteiger partial charge is 0.179 e. The first-order chi connectivity index (χ1) is 11.0. The number of hydrogen-bond acceptors (Lipinski definition) is 6. The number of anilines is 1. The highest BCUT2D eigenvalue weighted by atomic mass is 32.2. The van der Waals surface area contributed by atoms with E-state index in [2.05, 4.69) is 15.5 Å². The number of nitrogens with one attached hydrogen (secondary N) is 1. The van der Waals surface area contributed by atoms with Gasteiger partial charge in [-0.05, 0) is 30.3 Å². The van der Waals surface area contributed by atoms with Gasteiger partial charge >= 0.3 is 0 Å². The number of nitrogens with zero attached hydrogens (tertiary/aromatic N) is 3. The van der Waals surface area contributed by atoms with Crippen molar-refractivity contribution in [2.45, 2.75) is 11.4 Å². The van der Waals surface area contributed by atoms with Gasteiger partial charge in [-0.3, -0.25) is 0 Å². The zero-order valence-corrected chi connectivity index (χ0v) is 13.5. The molecule has 3 aromatic rings. The van der Waals surface area contributed by atoms with Crippen LogP contribution in [0.2, 0.25) is 0 Å². The molecular weight excluding hydrogens is 316 g/mol. The van der Waals surface area contributed by atoms with Crippen molar-refractivity contribution < 1.29 is 13.2 Å². The molecule has 0 saturated heterocycles. The van der Waals surface area contributed by atoms with Gasteiger partial charge in [0.15, 0.2) is 9.84 Å². The third-order valence-electron chi connectivity index (χ3n) is 3.43. The molecule has 7 nitrogen and oxygen atoms in total. The fourth-order valence-electron chi connectivity index (χ4n) is 2.29. The predicted octanol–water partition coefficient (Wildman–Crippen LogP) is 1.75. The van der Waals surface area contributed by atoms with Crippen LogP contribution in [0.15, 0.2) is 47.6 Å². The van der Waals surface area contributed by atoms with Crippen molar-refractivity contribution in [1.29, 1.82) is 0 Å². The lowest BCUT2D eigenvalue weighted by Gasteiger charge is -2.11. The topological polar surface area (TPSA) is 85.6 Å². The van der Waals surface area contributed by atoms with Crippen LogP contribution < -0.4 is 10.1 Å². The molecule has 0 aliphatic heterocycles. The van der Waals surface area contributed by atoms with Crippen molar-refractivity contribution in [3.63, 3.8) is 0 Å². The second kappa shape index (κ2) is 5.88. The maximum absolute atomic E-state index is 11.8. The molecule has 0 aliphatic rings. The van der Waals surface area contributed by atoms with Crippen molar-refractivity contribution >= 4 is 21.0 Å². The lowest BCUT2D eigenvalue weighted by Crippen LogP contribution is -2.04. The van der Waals surface area contributed by atoms with E-state index in [1.165, 1.54) is 7.11 Å². The molecule has 0 aliphatic carbocycles. The molecule has 0 saturated carbocycles. The normalized spacial score (nSPS) is 11.6. The van der Waals surface area contributed by atoms with Crippen molar-refractivity contribution in [3.05, 3.63) is 48.3 Å². The summed E-state index contributed by atoms with van der Waals surface area (Å²) < 4.78 is 30.3. The van der Waals surface area contributed by atoms with Crippen LogP contribution >= 0.6 is 0 Å². The van der Waals surface area contributed by atoms with E-state index in [9.17, 15) is 8.42 Å². The second-order valence-corrected chi connectivity index (χ2v) is 7.04. The highest BCUT2D eigenvalue weighted by molar-refractivity contribution is 7.90. The number of sulfone groups is 1. The van der Waals surface area contributed by atoms with Crippen LogP contribution in [0, 0.1) is 0 Å². The summed E-state index contributed by atoms with van der Waals surface area (Å²) in [6.45, 7) is 0.505. The lowest BCUT2D eigenvalue weighted by atomic mass is 10.2. The second-order valence-electron chi connectivity index (χ2n) is 5.06. The Bertz CT molecular complexity index is 950. The Morgan fingerprint density at radius 2 is 2.09 bits per heavy atom. The summed E-state index contributed by atoms with van der Waals surface area (Å²) in [6, 6.07) is 8.74. The van der Waals surface area contributed by atoms with Gasteiger partial charge < -0.3 is 10.1 Å². The Morgan fingerprint density at radius 1 is 1.26 bits per heavy atom.